The van der Waals surface area contributed by atoms with Gasteiger partial charge in [-0.05, 0) is 26.3 Å². The molecule has 0 radical (unpaired) electrons. The number of rotatable bonds is 7. The van der Waals surface area contributed by atoms with E-state index in [1.807, 2.05) is 19.1 Å². The molecular weight excluding hydrogens is 262 g/mol. The summed E-state index contributed by atoms with van der Waals surface area (Å²) in [5, 5.41) is 13.3. The largest absolute Gasteiger partial charge is 0.507 e. The van der Waals surface area contributed by atoms with Gasteiger partial charge in [0.1, 0.15) is 11.5 Å². The summed E-state index contributed by atoms with van der Waals surface area (Å²) in [6, 6.07) is 5.58. The van der Waals surface area contributed by atoms with Gasteiger partial charge in [-0.25, -0.2) is 0 Å². The minimum atomic E-state index is -0.760. The number of nitrogens with one attached hydrogen (secondary N) is 1. The van der Waals surface area contributed by atoms with Gasteiger partial charge < -0.3 is 15.2 Å². The van der Waals surface area contributed by atoms with Crippen molar-refractivity contribution in [3.8, 4) is 11.5 Å². The van der Waals surface area contributed by atoms with Crippen LogP contribution in [0.15, 0.2) is 18.2 Å². The van der Waals surface area contributed by atoms with Crippen LogP contribution >= 0.6 is 0 Å². The molecule has 0 saturated heterocycles. The molecule has 3 atom stereocenters. The van der Waals surface area contributed by atoms with Gasteiger partial charge in [-0.1, -0.05) is 6.07 Å². The first-order valence-electron chi connectivity index (χ1n) is 6.37. The quantitative estimate of drug-likeness (QED) is 0.806. The Morgan fingerprint density at radius 3 is 2.63 bits per heavy atom. The fourth-order valence-corrected chi connectivity index (χ4v) is 2.64. The van der Waals surface area contributed by atoms with E-state index < -0.39 is 10.8 Å². The Balaban J connectivity index is 2.62. The van der Waals surface area contributed by atoms with Crippen LogP contribution in [0.2, 0.25) is 0 Å². The predicted octanol–water partition coefficient (Wildman–Crippen LogP) is 2.21. The van der Waals surface area contributed by atoms with Crippen molar-refractivity contribution in [3.63, 3.8) is 0 Å². The maximum absolute atomic E-state index is 11.1. The lowest BCUT2D eigenvalue weighted by Crippen LogP contribution is -2.30. The Bertz CT molecular complexity index is 437. The van der Waals surface area contributed by atoms with Crippen LogP contribution in [0, 0.1) is 0 Å². The molecule has 2 N–H and O–H groups in total. The van der Waals surface area contributed by atoms with Crippen LogP contribution in [0.1, 0.15) is 31.9 Å². The molecule has 0 aromatic heterocycles. The molecule has 0 bridgehead atoms. The van der Waals surface area contributed by atoms with Crippen LogP contribution in [0.3, 0.4) is 0 Å². The molecule has 0 fully saturated rings. The first kappa shape index (κ1) is 16.0. The normalized spacial score (nSPS) is 15.8. The van der Waals surface area contributed by atoms with Crippen LogP contribution in [0.25, 0.3) is 0 Å². The Labute approximate surface area is 117 Å². The van der Waals surface area contributed by atoms with Crippen molar-refractivity contribution in [3.05, 3.63) is 23.8 Å². The van der Waals surface area contributed by atoms with E-state index in [4.69, 9.17) is 4.74 Å². The molecule has 0 aliphatic carbocycles. The zero-order chi connectivity index (χ0) is 14.4. The van der Waals surface area contributed by atoms with Crippen LogP contribution in [0.5, 0.6) is 11.5 Å². The van der Waals surface area contributed by atoms with E-state index in [-0.39, 0.29) is 17.8 Å². The second kappa shape index (κ2) is 7.50. The number of methoxy groups -OCH3 is 1. The fraction of sp³-hybridized carbons (Fsp3) is 0.571. The molecule has 0 heterocycles. The monoisotopic (exact) mass is 285 g/mol. The van der Waals surface area contributed by atoms with Crippen molar-refractivity contribution in [2.24, 2.45) is 0 Å². The third kappa shape index (κ3) is 5.20. The van der Waals surface area contributed by atoms with Crippen molar-refractivity contribution < 1.29 is 14.1 Å². The molecule has 4 nitrogen and oxygen atoms in total. The minimum Gasteiger partial charge on any atom is -0.507 e. The molecule has 1 aromatic rings. The number of phenols is 1. The van der Waals surface area contributed by atoms with Gasteiger partial charge in [-0.2, -0.15) is 0 Å². The molecule has 1 aromatic carbocycles. The smallest absolute Gasteiger partial charge is 0.124 e. The van der Waals surface area contributed by atoms with Crippen molar-refractivity contribution in [1.82, 2.24) is 5.32 Å². The van der Waals surface area contributed by atoms with Crippen molar-refractivity contribution >= 4 is 10.8 Å². The van der Waals surface area contributed by atoms with E-state index in [1.165, 1.54) is 0 Å². The van der Waals surface area contributed by atoms with Crippen molar-refractivity contribution in [1.29, 1.82) is 0 Å². The molecule has 5 heteroatoms. The van der Waals surface area contributed by atoms with Crippen LogP contribution in [0.4, 0.5) is 0 Å². The number of aromatic hydroxyl groups is 1. The zero-order valence-corrected chi connectivity index (χ0v) is 12.8. The lowest BCUT2D eigenvalue weighted by atomic mass is 10.1. The van der Waals surface area contributed by atoms with Gasteiger partial charge in [0, 0.05) is 46.5 Å². The number of phenolic OH excluding ortho intramolecular Hbond substituents is 1. The van der Waals surface area contributed by atoms with Gasteiger partial charge in [-0.3, -0.25) is 4.21 Å². The Hall–Kier alpha value is -1.07. The second-order valence-electron chi connectivity index (χ2n) is 4.78. The van der Waals surface area contributed by atoms with E-state index in [0.717, 1.165) is 12.0 Å². The maximum atomic E-state index is 11.1. The maximum Gasteiger partial charge on any atom is 0.124 e. The van der Waals surface area contributed by atoms with Gasteiger partial charge in [-0.15, -0.1) is 0 Å². The summed E-state index contributed by atoms with van der Waals surface area (Å²) in [6.07, 6.45) is 2.57. The minimum absolute atomic E-state index is 0.0335. The first-order valence-corrected chi connectivity index (χ1v) is 8.09. The van der Waals surface area contributed by atoms with E-state index in [2.05, 4.69) is 12.2 Å². The lowest BCUT2D eigenvalue weighted by molar-refractivity contribution is 0.401. The molecular formula is C14H23NO3S. The number of benzene rings is 1. The highest BCUT2D eigenvalue weighted by Crippen LogP contribution is 2.28. The molecule has 0 spiro atoms. The third-order valence-electron chi connectivity index (χ3n) is 3.08. The molecule has 1 rings (SSSR count). The fourth-order valence-electron chi connectivity index (χ4n) is 1.96. The summed E-state index contributed by atoms with van der Waals surface area (Å²) in [5.74, 6) is 1.56. The lowest BCUT2D eigenvalue weighted by Gasteiger charge is -2.21. The topological polar surface area (TPSA) is 58.6 Å². The van der Waals surface area contributed by atoms with E-state index >= 15 is 0 Å². The second-order valence-corrected chi connectivity index (χ2v) is 6.33. The molecule has 3 unspecified atom stereocenters. The van der Waals surface area contributed by atoms with E-state index in [1.54, 1.807) is 19.4 Å². The number of ether oxygens (including phenoxy) is 1. The molecule has 0 saturated carbocycles. The molecule has 0 aliphatic heterocycles. The predicted molar refractivity (Wildman–Crippen MR) is 79.2 cm³/mol. The van der Waals surface area contributed by atoms with Gasteiger partial charge in [0.05, 0.1) is 7.11 Å². The Morgan fingerprint density at radius 1 is 1.42 bits per heavy atom. The summed E-state index contributed by atoms with van der Waals surface area (Å²) < 4.78 is 16.1. The summed E-state index contributed by atoms with van der Waals surface area (Å²) >= 11 is 0. The van der Waals surface area contributed by atoms with Crippen LogP contribution in [-0.4, -0.2) is 34.5 Å². The number of hydrogen-bond donors (Lipinski definition) is 2. The van der Waals surface area contributed by atoms with Gasteiger partial charge in [0.15, 0.2) is 0 Å². The highest BCUT2D eigenvalue weighted by atomic mass is 32.2. The molecule has 108 valence electrons. The molecule has 0 aliphatic rings. The average Bonchev–Trinajstić information content (AvgIpc) is 2.35. The van der Waals surface area contributed by atoms with Crippen LogP contribution < -0.4 is 10.1 Å². The highest BCUT2D eigenvalue weighted by Gasteiger charge is 2.13. The molecule has 19 heavy (non-hydrogen) atoms. The first-order chi connectivity index (χ1) is 8.93. The Kier molecular flexibility index (Phi) is 6.31. The highest BCUT2D eigenvalue weighted by molar-refractivity contribution is 7.84. The summed E-state index contributed by atoms with van der Waals surface area (Å²) in [5.41, 5.74) is 0.838. The summed E-state index contributed by atoms with van der Waals surface area (Å²) in [4.78, 5) is 0. The average molecular weight is 285 g/mol. The van der Waals surface area contributed by atoms with Gasteiger partial charge in [0.2, 0.25) is 0 Å². The van der Waals surface area contributed by atoms with Gasteiger partial charge >= 0.3 is 0 Å². The van der Waals surface area contributed by atoms with Crippen LogP contribution in [-0.2, 0) is 10.8 Å². The summed E-state index contributed by atoms with van der Waals surface area (Å²) in [6.45, 7) is 4.06. The van der Waals surface area contributed by atoms with E-state index in [9.17, 15) is 9.32 Å². The zero-order valence-electron chi connectivity index (χ0n) is 12.0. The SMILES string of the molecule is COc1ccc(C(C)NC(C)CCS(C)=O)c(O)c1. The van der Waals surface area contributed by atoms with Crippen molar-refractivity contribution in [2.45, 2.75) is 32.4 Å². The van der Waals surface area contributed by atoms with E-state index in [0.29, 0.717) is 11.5 Å². The van der Waals surface area contributed by atoms with Crippen molar-refractivity contribution in [2.75, 3.05) is 19.1 Å². The number of hydrogen-bond acceptors (Lipinski definition) is 4. The molecule has 0 amide bonds. The third-order valence-corrected chi connectivity index (χ3v) is 3.89. The van der Waals surface area contributed by atoms with Gasteiger partial charge in [0.25, 0.3) is 0 Å². The Morgan fingerprint density at radius 2 is 2.11 bits per heavy atom. The summed E-state index contributed by atoms with van der Waals surface area (Å²) in [7, 11) is 0.812. The standard InChI is InChI=1S/C14H23NO3S/c1-10(7-8-19(4)17)15-11(2)13-6-5-12(18-3)9-14(13)16/h5-6,9-11,15-16H,7-8H2,1-4H3.